The molecule has 1 spiro atoms. The van der Waals surface area contributed by atoms with Gasteiger partial charge >= 0.3 is 0 Å². The number of furan rings is 1. The number of nitrogens with zero attached hydrogens (tertiary/aromatic N) is 2. The molecule has 0 aromatic carbocycles. The Kier molecular flexibility index (Phi) is 6.77. The van der Waals surface area contributed by atoms with Crippen molar-refractivity contribution in [2.75, 3.05) is 32.7 Å². The van der Waals surface area contributed by atoms with Gasteiger partial charge in [-0.15, -0.1) is 0 Å². The summed E-state index contributed by atoms with van der Waals surface area (Å²) in [6.45, 7) is 7.31. The van der Waals surface area contributed by atoms with Crippen LogP contribution in [0.1, 0.15) is 68.2 Å². The molecule has 2 aliphatic heterocycles. The Labute approximate surface area is 197 Å². The highest BCUT2D eigenvalue weighted by Gasteiger charge is 2.47. The molecule has 1 amide bonds. The minimum atomic E-state index is -0.169. The number of aliphatic hydroxyl groups is 1. The molecule has 1 aromatic rings. The number of carbonyl (C=O) groups excluding carboxylic acids is 1. The Balaban J connectivity index is 1.05. The van der Waals surface area contributed by atoms with Crippen LogP contribution in [0.3, 0.4) is 0 Å². The molecule has 6 heteroatoms. The number of hydrogen-bond donors (Lipinski definition) is 2. The highest BCUT2D eigenvalue weighted by atomic mass is 16.4. The average Bonchev–Trinajstić information content (AvgIpc) is 3.19. The third-order valence-corrected chi connectivity index (χ3v) is 8.29. The van der Waals surface area contributed by atoms with Crippen molar-refractivity contribution in [1.29, 1.82) is 0 Å². The van der Waals surface area contributed by atoms with E-state index >= 15 is 0 Å². The number of nitrogens with one attached hydrogen (secondary N) is 1. The van der Waals surface area contributed by atoms with Gasteiger partial charge in [-0.1, -0.05) is 23.8 Å². The molecule has 0 radical (unpaired) electrons. The Hall–Kier alpha value is -1.89. The fraction of sp³-hybridized carbons (Fsp3) is 0.667. The average molecular weight is 454 g/mol. The Bertz CT molecular complexity index is 888. The largest absolute Gasteiger partial charge is 0.453 e. The first-order chi connectivity index (χ1) is 16.0. The molecular formula is C27H39N3O3. The van der Waals surface area contributed by atoms with Crippen LogP contribution < -0.4 is 5.32 Å². The number of hydrogen-bond acceptors (Lipinski definition) is 5. The Morgan fingerprint density at radius 1 is 1.27 bits per heavy atom. The van der Waals surface area contributed by atoms with Crippen LogP contribution in [-0.4, -0.2) is 65.6 Å². The van der Waals surface area contributed by atoms with Gasteiger partial charge in [-0.3, -0.25) is 9.69 Å². The molecule has 3 heterocycles. The van der Waals surface area contributed by atoms with E-state index in [1.54, 1.807) is 17.7 Å². The SMILES string of the molecule is C[C@H](CN1CCCC2CC=CC=C2C1)NC1CCC2(CC1)CN(C(=O)c1ccc(CO)o1)C2. The lowest BCUT2D eigenvalue weighted by Crippen LogP contribution is -2.60. The van der Waals surface area contributed by atoms with Gasteiger partial charge in [-0.2, -0.15) is 0 Å². The van der Waals surface area contributed by atoms with Gasteiger partial charge in [0.1, 0.15) is 12.4 Å². The van der Waals surface area contributed by atoms with Crippen LogP contribution in [0.25, 0.3) is 0 Å². The van der Waals surface area contributed by atoms with Crippen LogP contribution in [0.2, 0.25) is 0 Å². The summed E-state index contributed by atoms with van der Waals surface area (Å²) in [5.41, 5.74) is 1.93. The molecule has 1 unspecified atom stereocenters. The first-order valence-corrected chi connectivity index (χ1v) is 12.9. The third kappa shape index (κ3) is 5.13. The lowest BCUT2D eigenvalue weighted by molar-refractivity contribution is -0.0227. The predicted octanol–water partition coefficient (Wildman–Crippen LogP) is 3.73. The summed E-state index contributed by atoms with van der Waals surface area (Å²) < 4.78 is 5.43. The van der Waals surface area contributed by atoms with Crippen molar-refractivity contribution < 1.29 is 14.3 Å². The second kappa shape index (κ2) is 9.77. The molecule has 180 valence electrons. The zero-order valence-corrected chi connectivity index (χ0v) is 20.0. The van der Waals surface area contributed by atoms with Gasteiger partial charge in [0.15, 0.2) is 5.76 Å². The minimum absolute atomic E-state index is 0.0440. The number of likely N-dealkylation sites (tertiary alicyclic amines) is 2. The number of carbonyl (C=O) groups is 1. The van der Waals surface area contributed by atoms with Crippen LogP contribution in [0, 0.1) is 11.3 Å². The molecular weight excluding hydrogens is 414 g/mol. The van der Waals surface area contributed by atoms with E-state index in [2.05, 4.69) is 35.4 Å². The lowest BCUT2D eigenvalue weighted by Gasteiger charge is -2.53. The smallest absolute Gasteiger partial charge is 0.289 e. The summed E-state index contributed by atoms with van der Waals surface area (Å²) in [5.74, 6) is 1.52. The second-order valence-corrected chi connectivity index (χ2v) is 10.9. The number of allylic oxidation sites excluding steroid dienone is 3. The summed E-state index contributed by atoms with van der Waals surface area (Å²) in [7, 11) is 0. The minimum Gasteiger partial charge on any atom is -0.453 e. The molecule has 2 aliphatic carbocycles. The molecule has 1 aromatic heterocycles. The molecule has 33 heavy (non-hydrogen) atoms. The van der Waals surface area contributed by atoms with Crippen LogP contribution in [0.4, 0.5) is 0 Å². The normalized spacial score (nSPS) is 26.4. The quantitative estimate of drug-likeness (QED) is 0.687. The van der Waals surface area contributed by atoms with Crippen LogP contribution in [-0.2, 0) is 6.61 Å². The van der Waals surface area contributed by atoms with Crippen LogP contribution in [0.15, 0.2) is 40.4 Å². The number of amides is 1. The molecule has 2 N–H and O–H groups in total. The van der Waals surface area contributed by atoms with Gasteiger partial charge < -0.3 is 19.7 Å². The summed E-state index contributed by atoms with van der Waals surface area (Å²) in [6, 6.07) is 4.43. The number of rotatable bonds is 6. The summed E-state index contributed by atoms with van der Waals surface area (Å²) in [6.07, 6.45) is 15.6. The van der Waals surface area contributed by atoms with Crippen LogP contribution in [0.5, 0.6) is 0 Å². The Morgan fingerprint density at radius 3 is 2.85 bits per heavy atom. The molecule has 5 rings (SSSR count). The van der Waals surface area contributed by atoms with E-state index < -0.39 is 0 Å². The fourth-order valence-corrected chi connectivity index (χ4v) is 6.46. The Morgan fingerprint density at radius 2 is 2.09 bits per heavy atom. The van der Waals surface area contributed by atoms with Crippen molar-refractivity contribution >= 4 is 5.91 Å². The van der Waals surface area contributed by atoms with Crippen molar-refractivity contribution in [2.24, 2.45) is 11.3 Å². The van der Waals surface area contributed by atoms with E-state index in [4.69, 9.17) is 9.52 Å². The number of fused-ring (bicyclic) bond motifs is 1. The van der Waals surface area contributed by atoms with Gasteiger partial charge in [-0.05, 0) is 76.5 Å². The highest BCUT2D eigenvalue weighted by Crippen LogP contribution is 2.44. The molecule has 1 saturated carbocycles. The maximum absolute atomic E-state index is 12.6. The second-order valence-electron chi connectivity index (χ2n) is 10.9. The summed E-state index contributed by atoms with van der Waals surface area (Å²) in [5, 5.41) is 13.1. The van der Waals surface area contributed by atoms with E-state index in [0.717, 1.165) is 32.1 Å². The van der Waals surface area contributed by atoms with Crippen molar-refractivity contribution in [1.82, 2.24) is 15.1 Å². The van der Waals surface area contributed by atoms with Gasteiger partial charge in [0, 0.05) is 43.7 Å². The molecule has 0 bridgehead atoms. The third-order valence-electron chi connectivity index (χ3n) is 8.29. The van der Waals surface area contributed by atoms with Gasteiger partial charge in [0.25, 0.3) is 5.91 Å². The molecule has 4 aliphatic rings. The zero-order valence-electron chi connectivity index (χ0n) is 20.0. The maximum Gasteiger partial charge on any atom is 0.289 e. The van der Waals surface area contributed by atoms with Crippen molar-refractivity contribution in [3.63, 3.8) is 0 Å². The standard InChI is InChI=1S/C27H39N3O3/c1-20(15-29-14-4-7-21-5-2-3-6-22(21)16-29)28-23-10-12-27(13-11-23)18-30(19-27)26(32)25-9-8-24(17-31)33-25/h2-3,6,8-9,20-21,23,28,31H,4-5,7,10-19H2,1H3/t20-,21?/m1/s1. The van der Waals surface area contributed by atoms with Gasteiger partial charge in [0.05, 0.1) is 0 Å². The topological polar surface area (TPSA) is 69.0 Å². The molecule has 6 nitrogen and oxygen atoms in total. The van der Waals surface area contributed by atoms with Crippen molar-refractivity contribution in [3.05, 3.63) is 47.5 Å². The summed E-state index contributed by atoms with van der Waals surface area (Å²) >= 11 is 0. The zero-order chi connectivity index (χ0) is 22.8. The van der Waals surface area contributed by atoms with E-state index in [1.807, 2.05) is 4.90 Å². The maximum atomic E-state index is 12.6. The van der Waals surface area contributed by atoms with Crippen LogP contribution >= 0.6 is 0 Å². The van der Waals surface area contributed by atoms with E-state index in [9.17, 15) is 4.79 Å². The first kappa shape index (κ1) is 22.9. The number of aliphatic hydroxyl groups excluding tert-OH is 1. The van der Waals surface area contributed by atoms with E-state index in [-0.39, 0.29) is 12.5 Å². The van der Waals surface area contributed by atoms with Crippen molar-refractivity contribution in [2.45, 2.75) is 70.6 Å². The first-order valence-electron chi connectivity index (χ1n) is 12.9. The van der Waals surface area contributed by atoms with Gasteiger partial charge in [0.2, 0.25) is 0 Å². The fourth-order valence-electron chi connectivity index (χ4n) is 6.46. The summed E-state index contributed by atoms with van der Waals surface area (Å²) in [4.78, 5) is 17.2. The van der Waals surface area contributed by atoms with Crippen molar-refractivity contribution in [3.8, 4) is 0 Å². The molecule has 3 fully saturated rings. The lowest BCUT2D eigenvalue weighted by atomic mass is 9.67. The van der Waals surface area contributed by atoms with E-state index in [1.165, 1.54) is 51.5 Å². The molecule has 2 atom stereocenters. The van der Waals surface area contributed by atoms with Gasteiger partial charge in [-0.25, -0.2) is 0 Å². The highest BCUT2D eigenvalue weighted by molar-refractivity contribution is 5.92. The molecule has 2 saturated heterocycles. The monoisotopic (exact) mass is 453 g/mol. The van der Waals surface area contributed by atoms with E-state index in [0.29, 0.717) is 29.0 Å². The predicted molar refractivity (Wildman–Crippen MR) is 129 cm³/mol.